The predicted molar refractivity (Wildman–Crippen MR) is 75.9 cm³/mol. The molecule has 2 rings (SSSR count). The lowest BCUT2D eigenvalue weighted by molar-refractivity contribution is 0.0690. The number of hydrogen-bond donors (Lipinski definition) is 2. The molecule has 0 aliphatic carbocycles. The van der Waals surface area contributed by atoms with Gasteiger partial charge >= 0.3 is 5.97 Å². The van der Waals surface area contributed by atoms with Gasteiger partial charge in [0.2, 0.25) is 0 Å². The number of halogens is 1. The lowest BCUT2D eigenvalue weighted by Gasteiger charge is -2.06. The van der Waals surface area contributed by atoms with Crippen LogP contribution in [0.5, 0.6) is 0 Å². The third-order valence-electron chi connectivity index (χ3n) is 2.61. The van der Waals surface area contributed by atoms with Crippen LogP contribution in [0.2, 0.25) is 0 Å². The molecule has 19 heavy (non-hydrogen) atoms. The molecule has 0 fully saturated rings. The third kappa shape index (κ3) is 3.87. The Balaban J connectivity index is 1.94. The number of nitrogens with zero attached hydrogens (tertiary/aromatic N) is 1. The van der Waals surface area contributed by atoms with Crippen molar-refractivity contribution in [2.75, 3.05) is 0 Å². The minimum Gasteiger partial charge on any atom is -0.477 e. The van der Waals surface area contributed by atoms with Crippen molar-refractivity contribution in [3.63, 3.8) is 0 Å². The monoisotopic (exact) mass is 320 g/mol. The van der Waals surface area contributed by atoms with Gasteiger partial charge in [-0.3, -0.25) is 0 Å². The zero-order valence-corrected chi connectivity index (χ0v) is 11.7. The molecule has 0 saturated heterocycles. The number of carboxylic acid groups (broad SMARTS) is 1. The number of benzene rings is 1. The summed E-state index contributed by atoms with van der Waals surface area (Å²) in [6.07, 6.45) is 0. The molecule has 98 valence electrons. The van der Waals surface area contributed by atoms with Gasteiger partial charge < -0.3 is 10.4 Å². The van der Waals surface area contributed by atoms with E-state index >= 15 is 0 Å². The molecule has 1 aromatic carbocycles. The van der Waals surface area contributed by atoms with Crippen molar-refractivity contribution < 1.29 is 9.90 Å². The normalized spacial score (nSPS) is 10.4. The van der Waals surface area contributed by atoms with Crippen molar-refractivity contribution in [1.82, 2.24) is 10.3 Å². The molecule has 0 bridgehead atoms. The molecule has 1 aromatic heterocycles. The molecule has 0 aliphatic heterocycles. The van der Waals surface area contributed by atoms with Crippen LogP contribution in [0.1, 0.15) is 21.7 Å². The zero-order chi connectivity index (χ0) is 13.7. The van der Waals surface area contributed by atoms with E-state index in [-0.39, 0.29) is 5.69 Å². The van der Waals surface area contributed by atoms with Crippen molar-refractivity contribution in [3.05, 3.63) is 63.9 Å². The maximum absolute atomic E-state index is 10.8. The molecule has 5 heteroatoms. The molecule has 2 N–H and O–H groups in total. The predicted octanol–water partition coefficient (Wildman–Crippen LogP) is 2.83. The fraction of sp³-hybridized carbons (Fsp3) is 0.143. The lowest BCUT2D eigenvalue weighted by Crippen LogP contribution is -2.15. The molecule has 0 amide bonds. The van der Waals surface area contributed by atoms with Crippen molar-refractivity contribution in [2.45, 2.75) is 13.1 Å². The van der Waals surface area contributed by atoms with Gasteiger partial charge in [0.15, 0.2) is 0 Å². The van der Waals surface area contributed by atoms with Crippen molar-refractivity contribution in [1.29, 1.82) is 0 Å². The molecule has 0 unspecified atom stereocenters. The molecule has 4 nitrogen and oxygen atoms in total. The summed E-state index contributed by atoms with van der Waals surface area (Å²) in [5.74, 6) is -1.01. The van der Waals surface area contributed by atoms with Crippen LogP contribution in [0, 0.1) is 0 Å². The molecule has 0 aliphatic rings. The van der Waals surface area contributed by atoms with E-state index in [2.05, 4.69) is 26.2 Å². The number of carboxylic acids is 1. The van der Waals surface area contributed by atoms with E-state index < -0.39 is 5.97 Å². The highest BCUT2D eigenvalue weighted by Gasteiger charge is 2.05. The van der Waals surface area contributed by atoms with Crippen LogP contribution in [-0.4, -0.2) is 16.1 Å². The van der Waals surface area contributed by atoms with E-state index in [1.807, 2.05) is 24.3 Å². The van der Waals surface area contributed by atoms with E-state index in [0.29, 0.717) is 18.8 Å². The quantitative estimate of drug-likeness (QED) is 0.889. The molecular weight excluding hydrogens is 308 g/mol. The van der Waals surface area contributed by atoms with Gasteiger partial charge in [0.05, 0.1) is 5.69 Å². The topological polar surface area (TPSA) is 62.2 Å². The van der Waals surface area contributed by atoms with Crippen LogP contribution in [0.25, 0.3) is 0 Å². The van der Waals surface area contributed by atoms with Crippen molar-refractivity contribution >= 4 is 21.9 Å². The lowest BCUT2D eigenvalue weighted by atomic mass is 10.2. The van der Waals surface area contributed by atoms with Crippen LogP contribution < -0.4 is 5.32 Å². The molecular formula is C14H13BrN2O2. The third-order valence-corrected chi connectivity index (χ3v) is 3.38. The van der Waals surface area contributed by atoms with E-state index in [1.165, 1.54) is 6.07 Å². The largest absolute Gasteiger partial charge is 0.477 e. The Hall–Kier alpha value is -1.72. The van der Waals surface area contributed by atoms with Crippen molar-refractivity contribution in [3.8, 4) is 0 Å². The average molecular weight is 321 g/mol. The standard InChI is InChI=1S/C14H13BrN2O2/c15-12-6-2-1-4-10(12)8-16-9-11-5-3-7-13(17-11)14(18)19/h1-7,16H,8-9H2,(H,18,19). The van der Waals surface area contributed by atoms with Crippen LogP contribution in [0.4, 0.5) is 0 Å². The fourth-order valence-electron chi connectivity index (χ4n) is 1.66. The second kappa shape index (κ2) is 6.45. The first-order valence-corrected chi connectivity index (χ1v) is 6.59. The van der Waals surface area contributed by atoms with Gasteiger partial charge in [-0.1, -0.05) is 40.2 Å². The molecule has 0 spiro atoms. The van der Waals surface area contributed by atoms with Gasteiger partial charge in [0.1, 0.15) is 5.69 Å². The van der Waals surface area contributed by atoms with Gasteiger partial charge in [-0.15, -0.1) is 0 Å². The van der Waals surface area contributed by atoms with Crippen LogP contribution in [-0.2, 0) is 13.1 Å². The Kier molecular flexibility index (Phi) is 4.65. The van der Waals surface area contributed by atoms with Crippen LogP contribution >= 0.6 is 15.9 Å². The van der Waals surface area contributed by atoms with E-state index in [4.69, 9.17) is 5.11 Å². The Morgan fingerprint density at radius 3 is 2.68 bits per heavy atom. The summed E-state index contributed by atoms with van der Waals surface area (Å²) >= 11 is 3.48. The highest BCUT2D eigenvalue weighted by molar-refractivity contribution is 9.10. The van der Waals surface area contributed by atoms with Gasteiger partial charge in [0, 0.05) is 17.6 Å². The van der Waals surface area contributed by atoms with Gasteiger partial charge in [-0.2, -0.15) is 0 Å². The number of hydrogen-bond acceptors (Lipinski definition) is 3. The Bertz CT molecular complexity index is 587. The summed E-state index contributed by atoms with van der Waals surface area (Å²) in [7, 11) is 0. The average Bonchev–Trinajstić information content (AvgIpc) is 2.41. The Labute approximate surface area is 119 Å². The highest BCUT2D eigenvalue weighted by atomic mass is 79.9. The minimum absolute atomic E-state index is 0.0696. The fourth-order valence-corrected chi connectivity index (χ4v) is 2.09. The van der Waals surface area contributed by atoms with E-state index in [0.717, 1.165) is 10.0 Å². The SMILES string of the molecule is O=C(O)c1cccc(CNCc2ccccc2Br)n1. The maximum Gasteiger partial charge on any atom is 0.354 e. The number of nitrogens with one attached hydrogen (secondary N) is 1. The number of pyridine rings is 1. The first kappa shape index (κ1) is 13.7. The summed E-state index contributed by atoms with van der Waals surface area (Å²) < 4.78 is 1.05. The van der Waals surface area contributed by atoms with Gasteiger partial charge in [-0.05, 0) is 23.8 Å². The van der Waals surface area contributed by atoms with Crippen LogP contribution in [0.15, 0.2) is 46.9 Å². The molecule has 1 heterocycles. The molecule has 2 aromatic rings. The summed E-state index contributed by atoms with van der Waals surface area (Å²) in [4.78, 5) is 14.9. The molecule has 0 atom stereocenters. The van der Waals surface area contributed by atoms with E-state index in [9.17, 15) is 4.79 Å². The maximum atomic E-state index is 10.8. The summed E-state index contributed by atoms with van der Waals surface area (Å²) in [5.41, 5.74) is 1.93. The summed E-state index contributed by atoms with van der Waals surface area (Å²) in [6, 6.07) is 12.9. The second-order valence-electron chi connectivity index (χ2n) is 4.01. The number of aromatic nitrogens is 1. The highest BCUT2D eigenvalue weighted by Crippen LogP contribution is 2.15. The number of aromatic carboxylic acids is 1. The number of carbonyl (C=O) groups is 1. The summed E-state index contributed by atoms with van der Waals surface area (Å²) in [5, 5.41) is 12.1. The van der Waals surface area contributed by atoms with E-state index in [1.54, 1.807) is 12.1 Å². The molecule has 0 radical (unpaired) electrons. The second-order valence-corrected chi connectivity index (χ2v) is 4.87. The zero-order valence-electron chi connectivity index (χ0n) is 10.1. The first-order valence-electron chi connectivity index (χ1n) is 5.80. The summed E-state index contributed by atoms with van der Waals surface area (Å²) in [6.45, 7) is 1.23. The Morgan fingerprint density at radius 1 is 1.16 bits per heavy atom. The van der Waals surface area contributed by atoms with Crippen molar-refractivity contribution in [2.24, 2.45) is 0 Å². The first-order chi connectivity index (χ1) is 9.16. The van der Waals surface area contributed by atoms with Crippen LogP contribution in [0.3, 0.4) is 0 Å². The smallest absolute Gasteiger partial charge is 0.354 e. The molecule has 0 saturated carbocycles. The number of rotatable bonds is 5. The minimum atomic E-state index is -1.01. The van der Waals surface area contributed by atoms with Gasteiger partial charge in [0.25, 0.3) is 0 Å². The van der Waals surface area contributed by atoms with Gasteiger partial charge in [-0.25, -0.2) is 9.78 Å². The Morgan fingerprint density at radius 2 is 1.95 bits per heavy atom.